The summed E-state index contributed by atoms with van der Waals surface area (Å²) in [6.07, 6.45) is 4.23. The van der Waals surface area contributed by atoms with Crippen molar-refractivity contribution in [3.63, 3.8) is 0 Å². The highest BCUT2D eigenvalue weighted by atomic mass is 16.1. The summed E-state index contributed by atoms with van der Waals surface area (Å²) in [7, 11) is 0. The number of aromatic nitrogens is 1. The molecule has 1 aliphatic heterocycles. The highest BCUT2D eigenvalue weighted by molar-refractivity contribution is 5.95. The van der Waals surface area contributed by atoms with Crippen LogP contribution in [0.25, 0.3) is 0 Å². The van der Waals surface area contributed by atoms with E-state index in [1.165, 1.54) is 12.8 Å². The van der Waals surface area contributed by atoms with E-state index >= 15 is 0 Å². The first kappa shape index (κ1) is 10.4. The minimum Gasteiger partial charge on any atom is -0.359 e. The lowest BCUT2D eigenvalue weighted by molar-refractivity contribution is 0.0986. The number of hydrogen-bond donors (Lipinski definition) is 3. The third-order valence-electron chi connectivity index (χ3n) is 2.74. The molecular weight excluding hydrogens is 190 g/mol. The van der Waals surface area contributed by atoms with Crippen molar-refractivity contribution in [1.29, 1.82) is 0 Å². The summed E-state index contributed by atoms with van der Waals surface area (Å²) in [6, 6.07) is 4.19. The average molecular weight is 207 g/mol. The molecule has 0 bridgehead atoms. The van der Waals surface area contributed by atoms with Crippen molar-refractivity contribution in [2.45, 2.75) is 18.9 Å². The second-order valence-corrected chi connectivity index (χ2v) is 3.93. The van der Waals surface area contributed by atoms with Crippen molar-refractivity contribution in [3.8, 4) is 0 Å². The quantitative estimate of drug-likeness (QED) is 0.618. The fourth-order valence-electron chi connectivity index (χ4n) is 1.89. The summed E-state index contributed by atoms with van der Waals surface area (Å²) < 4.78 is 0. The number of carbonyl (C=O) groups excluding carboxylic acids is 1. The summed E-state index contributed by atoms with van der Waals surface area (Å²) >= 11 is 0. The molecule has 1 saturated heterocycles. The Morgan fingerprint density at radius 2 is 2.53 bits per heavy atom. The Kier molecular flexibility index (Phi) is 3.53. The van der Waals surface area contributed by atoms with Crippen LogP contribution in [0.1, 0.15) is 23.3 Å². The predicted molar refractivity (Wildman–Crippen MR) is 59.0 cm³/mol. The average Bonchev–Trinajstić information content (AvgIpc) is 2.90. The van der Waals surface area contributed by atoms with Crippen LogP contribution in [0.5, 0.6) is 0 Å². The van der Waals surface area contributed by atoms with Crippen LogP contribution in [0.2, 0.25) is 0 Å². The fraction of sp³-hybridized carbons (Fsp3) is 0.545. The smallest absolute Gasteiger partial charge is 0.192 e. The number of rotatable bonds is 5. The van der Waals surface area contributed by atoms with Gasteiger partial charge in [0.05, 0.1) is 12.2 Å². The van der Waals surface area contributed by atoms with E-state index in [4.69, 9.17) is 0 Å². The Morgan fingerprint density at radius 1 is 1.60 bits per heavy atom. The number of Topliss-reactive ketones (excluding diaryl/α,β-unsaturated/α-hetero) is 1. The van der Waals surface area contributed by atoms with Crippen molar-refractivity contribution in [2.24, 2.45) is 0 Å². The molecule has 0 aromatic carbocycles. The topological polar surface area (TPSA) is 56.9 Å². The van der Waals surface area contributed by atoms with Crippen molar-refractivity contribution in [1.82, 2.24) is 15.6 Å². The highest BCUT2D eigenvalue weighted by Crippen LogP contribution is 2.03. The minimum absolute atomic E-state index is 0.123. The maximum atomic E-state index is 11.6. The van der Waals surface area contributed by atoms with Gasteiger partial charge in [-0.2, -0.15) is 0 Å². The Balaban J connectivity index is 1.67. The molecule has 2 rings (SSSR count). The number of H-pyrrole nitrogens is 1. The minimum atomic E-state index is 0.123. The van der Waals surface area contributed by atoms with Gasteiger partial charge < -0.3 is 15.6 Å². The molecule has 4 nitrogen and oxygen atoms in total. The molecule has 4 heteroatoms. The van der Waals surface area contributed by atoms with Gasteiger partial charge >= 0.3 is 0 Å². The molecule has 15 heavy (non-hydrogen) atoms. The summed E-state index contributed by atoms with van der Waals surface area (Å²) in [5.74, 6) is 0.123. The van der Waals surface area contributed by atoms with Crippen LogP contribution < -0.4 is 10.6 Å². The summed E-state index contributed by atoms with van der Waals surface area (Å²) in [5, 5.41) is 6.57. The van der Waals surface area contributed by atoms with Crippen LogP contribution in [0.3, 0.4) is 0 Å². The molecule has 0 saturated carbocycles. The van der Waals surface area contributed by atoms with Gasteiger partial charge in [-0.3, -0.25) is 4.79 Å². The van der Waals surface area contributed by atoms with E-state index in [9.17, 15) is 4.79 Å². The Hall–Kier alpha value is -1.13. The molecule has 0 radical (unpaired) electrons. The van der Waals surface area contributed by atoms with E-state index in [-0.39, 0.29) is 5.78 Å². The molecule has 2 heterocycles. The number of nitrogens with one attached hydrogen (secondary N) is 3. The first-order valence-corrected chi connectivity index (χ1v) is 5.47. The molecule has 0 spiro atoms. The predicted octanol–water partition coefficient (Wildman–Crippen LogP) is 0.539. The normalized spacial score (nSPS) is 20.7. The van der Waals surface area contributed by atoms with Crippen LogP contribution in [0.4, 0.5) is 0 Å². The van der Waals surface area contributed by atoms with E-state index in [1.807, 2.05) is 6.07 Å². The third kappa shape index (κ3) is 2.91. The summed E-state index contributed by atoms with van der Waals surface area (Å²) in [5.41, 5.74) is 0.682. The molecule has 1 unspecified atom stereocenters. The number of carbonyl (C=O) groups is 1. The second-order valence-electron chi connectivity index (χ2n) is 3.93. The Bertz CT molecular complexity index is 302. The first-order chi connectivity index (χ1) is 7.36. The third-order valence-corrected chi connectivity index (χ3v) is 2.74. The molecular formula is C11H17N3O. The molecule has 1 fully saturated rings. The molecule has 1 aliphatic rings. The summed E-state index contributed by atoms with van der Waals surface area (Å²) in [6.45, 7) is 2.40. The molecule has 3 N–H and O–H groups in total. The number of aromatic amines is 1. The highest BCUT2D eigenvalue weighted by Gasteiger charge is 2.13. The van der Waals surface area contributed by atoms with Crippen molar-refractivity contribution >= 4 is 5.78 Å². The van der Waals surface area contributed by atoms with Crippen LogP contribution in [-0.2, 0) is 0 Å². The monoisotopic (exact) mass is 207 g/mol. The van der Waals surface area contributed by atoms with E-state index in [2.05, 4.69) is 15.6 Å². The van der Waals surface area contributed by atoms with Gasteiger partial charge in [0.25, 0.3) is 0 Å². The van der Waals surface area contributed by atoms with Crippen LogP contribution in [-0.4, -0.2) is 36.4 Å². The number of ketones is 1. The van der Waals surface area contributed by atoms with Crippen LogP contribution >= 0.6 is 0 Å². The van der Waals surface area contributed by atoms with Gasteiger partial charge in [0.2, 0.25) is 0 Å². The van der Waals surface area contributed by atoms with Gasteiger partial charge in [-0.15, -0.1) is 0 Å². The Labute approximate surface area is 89.5 Å². The van der Waals surface area contributed by atoms with Crippen molar-refractivity contribution in [2.75, 3.05) is 19.6 Å². The maximum absolute atomic E-state index is 11.6. The van der Waals surface area contributed by atoms with Crippen LogP contribution in [0, 0.1) is 0 Å². The molecule has 1 aromatic heterocycles. The summed E-state index contributed by atoms with van der Waals surface area (Å²) in [4.78, 5) is 14.5. The molecule has 0 aliphatic carbocycles. The molecule has 82 valence electrons. The van der Waals surface area contributed by atoms with E-state index < -0.39 is 0 Å². The maximum Gasteiger partial charge on any atom is 0.192 e. The van der Waals surface area contributed by atoms with E-state index in [1.54, 1.807) is 12.3 Å². The molecule has 0 amide bonds. The van der Waals surface area contributed by atoms with E-state index in [0.29, 0.717) is 18.3 Å². The van der Waals surface area contributed by atoms with Gasteiger partial charge in [0, 0.05) is 18.8 Å². The van der Waals surface area contributed by atoms with Gasteiger partial charge in [-0.05, 0) is 31.5 Å². The van der Waals surface area contributed by atoms with Gasteiger partial charge in [-0.25, -0.2) is 0 Å². The van der Waals surface area contributed by atoms with Gasteiger partial charge in [0.15, 0.2) is 5.78 Å². The lowest BCUT2D eigenvalue weighted by Crippen LogP contribution is -2.36. The zero-order valence-corrected chi connectivity index (χ0v) is 8.75. The van der Waals surface area contributed by atoms with Gasteiger partial charge in [0.1, 0.15) is 0 Å². The van der Waals surface area contributed by atoms with Crippen molar-refractivity contribution < 1.29 is 4.79 Å². The molecule has 1 atom stereocenters. The van der Waals surface area contributed by atoms with E-state index in [0.717, 1.165) is 13.1 Å². The fourth-order valence-corrected chi connectivity index (χ4v) is 1.89. The Morgan fingerprint density at radius 3 is 3.20 bits per heavy atom. The molecule has 1 aromatic rings. The zero-order chi connectivity index (χ0) is 10.5. The van der Waals surface area contributed by atoms with Crippen molar-refractivity contribution in [3.05, 3.63) is 24.0 Å². The lowest BCUT2D eigenvalue weighted by Gasteiger charge is -2.10. The van der Waals surface area contributed by atoms with Crippen LogP contribution in [0.15, 0.2) is 18.3 Å². The SMILES string of the molecule is O=C(CNCC1CCCN1)c1ccc[nH]1. The first-order valence-electron chi connectivity index (χ1n) is 5.47. The second kappa shape index (κ2) is 5.09. The standard InChI is InChI=1S/C11H17N3O/c15-11(10-4-2-6-14-10)8-12-7-9-3-1-5-13-9/h2,4,6,9,12-14H,1,3,5,7-8H2. The number of hydrogen-bond acceptors (Lipinski definition) is 3. The zero-order valence-electron chi connectivity index (χ0n) is 8.75. The van der Waals surface area contributed by atoms with Gasteiger partial charge in [-0.1, -0.05) is 0 Å². The lowest BCUT2D eigenvalue weighted by atomic mass is 10.2. The largest absolute Gasteiger partial charge is 0.359 e.